The standard InChI is InChI=1S/C14H22N2OS/c1-17-14-6-3-2-5-13(14)16-10-8-15(9-11-16)7-4-12-18/h2-3,5-6,18H,4,7-12H2,1H3. The van der Waals surface area contributed by atoms with Gasteiger partial charge in [0.25, 0.3) is 0 Å². The molecule has 0 aliphatic carbocycles. The Bertz CT molecular complexity index is 365. The first kappa shape index (κ1) is 13.6. The first-order valence-corrected chi connectivity index (χ1v) is 7.19. The fraction of sp³-hybridized carbons (Fsp3) is 0.571. The summed E-state index contributed by atoms with van der Waals surface area (Å²) in [5, 5.41) is 0. The minimum atomic E-state index is 0.973. The average molecular weight is 266 g/mol. The zero-order valence-electron chi connectivity index (χ0n) is 11.0. The van der Waals surface area contributed by atoms with E-state index in [1.165, 1.54) is 18.7 Å². The van der Waals surface area contributed by atoms with Crippen molar-refractivity contribution >= 4 is 18.3 Å². The first-order valence-electron chi connectivity index (χ1n) is 6.56. The fourth-order valence-corrected chi connectivity index (χ4v) is 2.54. The van der Waals surface area contributed by atoms with Crippen molar-refractivity contribution in [3.05, 3.63) is 24.3 Å². The van der Waals surface area contributed by atoms with Crippen LogP contribution in [-0.2, 0) is 0 Å². The largest absolute Gasteiger partial charge is 0.495 e. The SMILES string of the molecule is COc1ccccc1N1CCN(CCCS)CC1. The van der Waals surface area contributed by atoms with E-state index in [4.69, 9.17) is 4.74 Å². The van der Waals surface area contributed by atoms with Gasteiger partial charge in [-0.05, 0) is 30.9 Å². The van der Waals surface area contributed by atoms with Gasteiger partial charge < -0.3 is 9.64 Å². The van der Waals surface area contributed by atoms with Gasteiger partial charge in [0, 0.05) is 26.2 Å². The van der Waals surface area contributed by atoms with Gasteiger partial charge in [-0.2, -0.15) is 12.6 Å². The summed E-state index contributed by atoms with van der Waals surface area (Å²) in [7, 11) is 1.74. The summed E-state index contributed by atoms with van der Waals surface area (Å²) < 4.78 is 5.42. The van der Waals surface area contributed by atoms with E-state index in [1.807, 2.05) is 12.1 Å². The number of methoxy groups -OCH3 is 1. The topological polar surface area (TPSA) is 15.7 Å². The van der Waals surface area contributed by atoms with Crippen LogP contribution in [0.4, 0.5) is 5.69 Å². The van der Waals surface area contributed by atoms with Crippen LogP contribution in [0.5, 0.6) is 5.75 Å². The summed E-state index contributed by atoms with van der Waals surface area (Å²) in [5.74, 6) is 1.95. The number of ether oxygens (including phenoxy) is 1. The molecule has 4 heteroatoms. The van der Waals surface area contributed by atoms with Gasteiger partial charge in [-0.25, -0.2) is 0 Å². The van der Waals surface area contributed by atoms with Crippen molar-refractivity contribution in [1.29, 1.82) is 0 Å². The summed E-state index contributed by atoms with van der Waals surface area (Å²) in [6.07, 6.45) is 1.18. The molecule has 0 N–H and O–H groups in total. The number of nitrogens with zero attached hydrogens (tertiary/aromatic N) is 2. The van der Waals surface area contributed by atoms with Crippen LogP contribution in [0.25, 0.3) is 0 Å². The van der Waals surface area contributed by atoms with Gasteiger partial charge in [-0.15, -0.1) is 0 Å². The molecule has 0 spiro atoms. The number of hydrogen-bond donors (Lipinski definition) is 1. The lowest BCUT2D eigenvalue weighted by Gasteiger charge is -2.36. The third-order valence-corrected chi connectivity index (χ3v) is 3.75. The van der Waals surface area contributed by atoms with Crippen LogP contribution in [-0.4, -0.2) is 50.5 Å². The van der Waals surface area contributed by atoms with Crippen molar-refractivity contribution in [2.45, 2.75) is 6.42 Å². The van der Waals surface area contributed by atoms with E-state index in [0.29, 0.717) is 0 Å². The van der Waals surface area contributed by atoms with E-state index in [1.54, 1.807) is 7.11 Å². The Hall–Kier alpha value is -0.870. The van der Waals surface area contributed by atoms with Gasteiger partial charge >= 0.3 is 0 Å². The normalized spacial score (nSPS) is 16.9. The average Bonchev–Trinajstić information content (AvgIpc) is 2.45. The first-order chi connectivity index (χ1) is 8.85. The van der Waals surface area contributed by atoms with E-state index in [9.17, 15) is 0 Å². The highest BCUT2D eigenvalue weighted by molar-refractivity contribution is 7.80. The summed E-state index contributed by atoms with van der Waals surface area (Å²) >= 11 is 4.27. The van der Waals surface area contributed by atoms with E-state index in [0.717, 1.165) is 37.7 Å². The molecule has 2 rings (SSSR count). The highest BCUT2D eigenvalue weighted by atomic mass is 32.1. The highest BCUT2D eigenvalue weighted by Crippen LogP contribution is 2.28. The third-order valence-electron chi connectivity index (χ3n) is 3.43. The molecule has 1 fully saturated rings. The number of hydrogen-bond acceptors (Lipinski definition) is 4. The molecule has 1 aliphatic heterocycles. The smallest absolute Gasteiger partial charge is 0.142 e. The van der Waals surface area contributed by atoms with Crippen molar-refractivity contribution in [2.24, 2.45) is 0 Å². The molecule has 3 nitrogen and oxygen atoms in total. The second kappa shape index (κ2) is 6.90. The van der Waals surface area contributed by atoms with Crippen LogP contribution in [0.15, 0.2) is 24.3 Å². The molecule has 1 aromatic rings. The molecular formula is C14H22N2OS. The zero-order chi connectivity index (χ0) is 12.8. The molecule has 1 aromatic carbocycles. The van der Waals surface area contributed by atoms with E-state index >= 15 is 0 Å². The van der Waals surface area contributed by atoms with Crippen LogP contribution in [0, 0.1) is 0 Å². The monoisotopic (exact) mass is 266 g/mol. The second-order valence-corrected chi connectivity index (χ2v) is 5.02. The predicted octanol–water partition coefficient (Wildman–Crippen LogP) is 2.14. The second-order valence-electron chi connectivity index (χ2n) is 4.58. The number of rotatable bonds is 5. The van der Waals surface area contributed by atoms with Gasteiger partial charge in [0.1, 0.15) is 5.75 Å². The maximum Gasteiger partial charge on any atom is 0.142 e. The summed E-state index contributed by atoms with van der Waals surface area (Å²) in [6.45, 7) is 5.58. The lowest BCUT2D eigenvalue weighted by molar-refractivity contribution is 0.258. The van der Waals surface area contributed by atoms with E-state index in [2.05, 4.69) is 34.6 Å². The number of piperazine rings is 1. The molecule has 0 atom stereocenters. The summed E-state index contributed by atoms with van der Waals surface area (Å²) in [6, 6.07) is 8.27. The Balaban J connectivity index is 1.92. The molecule has 0 amide bonds. The molecular weight excluding hydrogens is 244 g/mol. The molecule has 0 unspecified atom stereocenters. The minimum absolute atomic E-state index is 0.973. The lowest BCUT2D eigenvalue weighted by atomic mass is 10.2. The van der Waals surface area contributed by atoms with Gasteiger partial charge in [-0.3, -0.25) is 4.90 Å². The predicted molar refractivity (Wildman–Crippen MR) is 80.1 cm³/mol. The molecule has 1 heterocycles. The van der Waals surface area contributed by atoms with Crippen molar-refractivity contribution < 1.29 is 4.74 Å². The molecule has 0 radical (unpaired) electrons. The van der Waals surface area contributed by atoms with Gasteiger partial charge in [0.2, 0.25) is 0 Å². The number of anilines is 1. The Kier molecular flexibility index (Phi) is 5.20. The van der Waals surface area contributed by atoms with Crippen molar-refractivity contribution in [1.82, 2.24) is 4.90 Å². The molecule has 0 aromatic heterocycles. The number of para-hydroxylation sites is 2. The van der Waals surface area contributed by atoms with Crippen molar-refractivity contribution in [3.8, 4) is 5.75 Å². The molecule has 100 valence electrons. The third kappa shape index (κ3) is 3.33. The molecule has 18 heavy (non-hydrogen) atoms. The Morgan fingerprint density at radius 3 is 2.56 bits per heavy atom. The number of thiol groups is 1. The Morgan fingerprint density at radius 1 is 1.17 bits per heavy atom. The fourth-order valence-electron chi connectivity index (χ4n) is 2.40. The van der Waals surface area contributed by atoms with E-state index < -0.39 is 0 Å². The lowest BCUT2D eigenvalue weighted by Crippen LogP contribution is -2.46. The van der Waals surface area contributed by atoms with Gasteiger partial charge in [-0.1, -0.05) is 12.1 Å². The van der Waals surface area contributed by atoms with Crippen LogP contribution < -0.4 is 9.64 Å². The van der Waals surface area contributed by atoms with Crippen LogP contribution in [0.2, 0.25) is 0 Å². The van der Waals surface area contributed by atoms with E-state index in [-0.39, 0.29) is 0 Å². The van der Waals surface area contributed by atoms with Crippen LogP contribution >= 0.6 is 12.6 Å². The molecule has 1 saturated heterocycles. The Morgan fingerprint density at radius 2 is 1.89 bits per heavy atom. The maximum atomic E-state index is 5.42. The molecule has 0 bridgehead atoms. The summed E-state index contributed by atoms with van der Waals surface area (Å²) in [4.78, 5) is 4.93. The van der Waals surface area contributed by atoms with Gasteiger partial charge in [0.05, 0.1) is 12.8 Å². The van der Waals surface area contributed by atoms with Crippen molar-refractivity contribution in [2.75, 3.05) is 50.5 Å². The Labute approximate surface area is 115 Å². The van der Waals surface area contributed by atoms with Gasteiger partial charge in [0.15, 0.2) is 0 Å². The van der Waals surface area contributed by atoms with Crippen LogP contribution in [0.3, 0.4) is 0 Å². The maximum absolute atomic E-state index is 5.42. The highest BCUT2D eigenvalue weighted by Gasteiger charge is 2.18. The quantitative estimate of drug-likeness (QED) is 0.822. The minimum Gasteiger partial charge on any atom is -0.495 e. The zero-order valence-corrected chi connectivity index (χ0v) is 11.9. The molecule has 1 aliphatic rings. The van der Waals surface area contributed by atoms with Crippen LogP contribution in [0.1, 0.15) is 6.42 Å². The summed E-state index contributed by atoms with van der Waals surface area (Å²) in [5.41, 5.74) is 1.22. The van der Waals surface area contributed by atoms with Crippen molar-refractivity contribution in [3.63, 3.8) is 0 Å². The molecule has 0 saturated carbocycles. The number of benzene rings is 1.